The summed E-state index contributed by atoms with van der Waals surface area (Å²) in [5, 5.41) is 1.49. The molecular formula is C21H46P4+2. The molecule has 0 aromatic heterocycles. The molecule has 0 saturated heterocycles. The van der Waals surface area contributed by atoms with Crippen LogP contribution in [0.2, 0.25) is 0 Å². The molecule has 0 bridgehead atoms. The number of rotatable bonds is 7. The minimum absolute atomic E-state index is 0.0958. The van der Waals surface area contributed by atoms with Crippen molar-refractivity contribution in [2.45, 2.75) is 103 Å². The maximum atomic E-state index is 4.54. The molecule has 148 valence electrons. The topological polar surface area (TPSA) is 0 Å². The van der Waals surface area contributed by atoms with Crippen molar-refractivity contribution in [3.63, 3.8) is 0 Å². The van der Waals surface area contributed by atoms with Gasteiger partial charge in [0.2, 0.25) is 0 Å². The number of hydrogen-bond donors (Lipinski definition) is 0. The van der Waals surface area contributed by atoms with Crippen LogP contribution in [0.1, 0.15) is 82.6 Å². The summed E-state index contributed by atoms with van der Waals surface area (Å²) >= 11 is 0. The molecule has 4 heteroatoms. The summed E-state index contributed by atoms with van der Waals surface area (Å²) in [5.41, 5.74) is 0. The van der Waals surface area contributed by atoms with E-state index in [1.807, 2.05) is 0 Å². The fourth-order valence-electron chi connectivity index (χ4n) is 4.99. The summed E-state index contributed by atoms with van der Waals surface area (Å²) in [5.74, 6) is 0.710. The van der Waals surface area contributed by atoms with Crippen molar-refractivity contribution in [3.8, 4) is 0 Å². The number of hydrogen-bond acceptors (Lipinski definition) is 0. The first-order valence-electron chi connectivity index (χ1n) is 9.45. The van der Waals surface area contributed by atoms with E-state index in [2.05, 4.69) is 102 Å². The zero-order valence-electron chi connectivity index (χ0n) is 19.5. The van der Waals surface area contributed by atoms with Gasteiger partial charge in [0, 0.05) is 20.6 Å². The Kier molecular flexibility index (Phi) is 9.11. The van der Waals surface area contributed by atoms with E-state index in [0.29, 0.717) is 26.5 Å². The molecule has 0 spiro atoms. The van der Waals surface area contributed by atoms with Crippen molar-refractivity contribution in [3.05, 3.63) is 0 Å². The molecule has 5 atom stereocenters. The van der Waals surface area contributed by atoms with Crippen LogP contribution >= 0.6 is 29.7 Å². The first-order valence-corrected chi connectivity index (χ1v) is 17.5. The predicted molar refractivity (Wildman–Crippen MR) is 135 cm³/mol. The van der Waals surface area contributed by atoms with Gasteiger partial charge in [-0.2, -0.15) is 0 Å². The molecule has 0 aromatic rings. The summed E-state index contributed by atoms with van der Waals surface area (Å²) in [6.45, 7) is 32.0. The van der Waals surface area contributed by atoms with E-state index in [4.69, 9.17) is 0 Å². The van der Waals surface area contributed by atoms with E-state index in [1.54, 1.807) is 0 Å². The molecule has 0 radical (unpaired) electrons. The highest BCUT2D eigenvalue weighted by Crippen LogP contribution is 2.78. The van der Waals surface area contributed by atoms with Gasteiger partial charge in [0.25, 0.3) is 0 Å². The summed E-state index contributed by atoms with van der Waals surface area (Å²) < 4.78 is 0. The van der Waals surface area contributed by atoms with E-state index < -0.39 is 0 Å². The Morgan fingerprint density at radius 2 is 1.04 bits per heavy atom. The second-order valence-corrected chi connectivity index (χ2v) is 26.3. The lowest BCUT2D eigenvalue weighted by atomic mass is 9.88. The average Bonchev–Trinajstić information content (AvgIpc) is 2.19. The first-order chi connectivity index (χ1) is 10.8. The third-order valence-corrected chi connectivity index (χ3v) is 22.7. The Morgan fingerprint density at radius 1 is 0.720 bits per heavy atom. The van der Waals surface area contributed by atoms with E-state index in [0.717, 1.165) is 0 Å². The molecule has 0 aromatic carbocycles. The maximum Gasteiger partial charge on any atom is 0.124 e. The molecular weight excluding hydrogens is 376 g/mol. The molecule has 0 aliphatic heterocycles. The van der Waals surface area contributed by atoms with Crippen molar-refractivity contribution in [2.24, 2.45) is 5.92 Å². The zero-order chi connectivity index (χ0) is 20.6. The highest BCUT2D eigenvalue weighted by Gasteiger charge is 2.52. The Bertz CT molecular complexity index is 489. The van der Waals surface area contributed by atoms with Crippen LogP contribution in [0.5, 0.6) is 0 Å². The van der Waals surface area contributed by atoms with Gasteiger partial charge in [-0.15, -0.1) is 0 Å². The largest absolute Gasteiger partial charge is 0.124 e. The average molecular weight is 422 g/mol. The van der Waals surface area contributed by atoms with Gasteiger partial charge in [-0.1, -0.05) is 76.2 Å². The Balaban J connectivity index is 5.78. The second-order valence-electron chi connectivity index (χ2n) is 10.9. The second kappa shape index (κ2) is 8.69. The van der Waals surface area contributed by atoms with Crippen LogP contribution < -0.4 is 0 Å². The molecule has 0 amide bonds. The van der Waals surface area contributed by atoms with Crippen molar-refractivity contribution in [1.82, 2.24) is 0 Å². The first kappa shape index (κ1) is 26.2. The quantitative estimate of drug-likeness (QED) is 0.359. The monoisotopic (exact) mass is 422 g/mol. The van der Waals surface area contributed by atoms with Gasteiger partial charge in [0.1, 0.15) is 29.7 Å². The summed E-state index contributed by atoms with van der Waals surface area (Å²) in [4.78, 5) is 0. The Morgan fingerprint density at radius 3 is 1.28 bits per heavy atom. The molecule has 25 heavy (non-hydrogen) atoms. The standard InChI is InChI=1S/C21H46P4/c1-17(21(10,11)25(23(14)15)19(5,6)7)16-20(8,9)24(22(12)13)18(2,3)4/h17H,12,14,16H2,1-11,13,15H3/q+2. The van der Waals surface area contributed by atoms with Crippen LogP contribution in [0.15, 0.2) is 0 Å². The van der Waals surface area contributed by atoms with Gasteiger partial charge in [-0.05, 0) is 12.3 Å². The smallest absolute Gasteiger partial charge is 0.0615 e. The van der Waals surface area contributed by atoms with Crippen LogP contribution in [0.25, 0.3) is 0 Å². The van der Waals surface area contributed by atoms with Crippen LogP contribution in [0, 0.1) is 5.92 Å². The summed E-state index contributed by atoms with van der Waals surface area (Å²) in [6.07, 6.45) is 10.4. The Hall–Kier alpha value is 1.20. The van der Waals surface area contributed by atoms with E-state index in [1.165, 1.54) is 6.42 Å². The molecule has 0 heterocycles. The zero-order valence-corrected chi connectivity index (χ0v) is 23.1. The van der Waals surface area contributed by atoms with Gasteiger partial charge in [0.05, 0.1) is 25.9 Å². The van der Waals surface area contributed by atoms with Crippen molar-refractivity contribution < 1.29 is 0 Å². The van der Waals surface area contributed by atoms with E-state index in [9.17, 15) is 0 Å². The van der Waals surface area contributed by atoms with E-state index in [-0.39, 0.29) is 29.7 Å². The fourth-order valence-corrected chi connectivity index (χ4v) is 25.7. The van der Waals surface area contributed by atoms with E-state index >= 15 is 0 Å². The normalized spacial score (nSPS) is 19.2. The van der Waals surface area contributed by atoms with Gasteiger partial charge in [-0.25, -0.2) is 0 Å². The third kappa shape index (κ3) is 6.94. The van der Waals surface area contributed by atoms with Crippen LogP contribution in [-0.2, 0) is 0 Å². The Labute approximate surface area is 164 Å². The lowest BCUT2D eigenvalue weighted by molar-refractivity contribution is 0.380. The minimum atomic E-state index is -0.153. The predicted octanol–water partition coefficient (Wildman–Crippen LogP) is 9.05. The van der Waals surface area contributed by atoms with Crippen molar-refractivity contribution in [1.29, 1.82) is 0 Å². The lowest BCUT2D eigenvalue weighted by Crippen LogP contribution is -2.37. The molecule has 0 fully saturated rings. The van der Waals surface area contributed by atoms with Crippen LogP contribution in [0.3, 0.4) is 0 Å². The molecule has 0 N–H and O–H groups in total. The molecule has 0 nitrogen and oxygen atoms in total. The minimum Gasteiger partial charge on any atom is -0.0615 e. The van der Waals surface area contributed by atoms with Gasteiger partial charge in [-0.3, -0.25) is 0 Å². The van der Waals surface area contributed by atoms with Crippen molar-refractivity contribution >= 4 is 42.3 Å². The molecule has 0 saturated carbocycles. The maximum absolute atomic E-state index is 4.54. The van der Waals surface area contributed by atoms with Crippen LogP contribution in [-0.4, -0.2) is 46.6 Å². The van der Waals surface area contributed by atoms with Gasteiger partial charge < -0.3 is 0 Å². The third-order valence-electron chi connectivity index (χ3n) is 5.08. The summed E-state index contributed by atoms with van der Waals surface area (Å²) in [7, 11) is -0.502. The van der Waals surface area contributed by atoms with Gasteiger partial charge >= 0.3 is 0 Å². The van der Waals surface area contributed by atoms with Gasteiger partial charge in [0.15, 0.2) is 0 Å². The van der Waals surface area contributed by atoms with Crippen molar-refractivity contribution in [2.75, 3.05) is 13.3 Å². The molecule has 0 rings (SSSR count). The summed E-state index contributed by atoms with van der Waals surface area (Å²) in [6, 6.07) is 0. The molecule has 5 unspecified atom stereocenters. The fraction of sp³-hybridized carbons (Fsp3) is 0.905. The van der Waals surface area contributed by atoms with Crippen LogP contribution in [0.4, 0.5) is 0 Å². The SMILES string of the molecule is C=[P+](C)P(C(C)(C)C)C(C)(C)CC(C)C(C)(C)P([P+](=C)C)C(C)(C)C. The highest BCUT2D eigenvalue weighted by molar-refractivity contribution is 8.29. The highest BCUT2D eigenvalue weighted by atomic mass is 32.1. The molecule has 0 aliphatic rings. The molecule has 0 aliphatic carbocycles. The lowest BCUT2D eigenvalue weighted by Gasteiger charge is -2.45.